The van der Waals surface area contributed by atoms with Crippen molar-refractivity contribution in [2.75, 3.05) is 6.54 Å². The molecule has 0 aliphatic rings. The minimum atomic E-state index is 0.0294. The Hall–Kier alpha value is -2.18. The molecule has 20 heavy (non-hydrogen) atoms. The normalized spacial score (nSPS) is 10.8. The van der Waals surface area contributed by atoms with Gasteiger partial charge in [-0.3, -0.25) is 14.6 Å². The quantitative estimate of drug-likeness (QED) is 0.750. The van der Waals surface area contributed by atoms with Gasteiger partial charge in [0.25, 0.3) is 0 Å². The Balaban J connectivity index is 1.75. The molecule has 0 atom stereocenters. The summed E-state index contributed by atoms with van der Waals surface area (Å²) in [4.78, 5) is 15.9. The number of carbonyl (C=O) groups is 1. The third-order valence-corrected chi connectivity index (χ3v) is 3.37. The molecule has 108 valence electrons. The molecule has 2 N–H and O–H groups in total. The molecule has 0 fully saturated rings. The van der Waals surface area contributed by atoms with Crippen LogP contribution >= 0.6 is 0 Å². The van der Waals surface area contributed by atoms with Crippen molar-refractivity contribution >= 4 is 5.91 Å². The zero-order valence-electron chi connectivity index (χ0n) is 12.1. The molecule has 0 aromatic carbocycles. The number of nitrogens with zero attached hydrogens (tertiary/aromatic N) is 4. The molecule has 0 saturated carbocycles. The zero-order chi connectivity index (χ0) is 14.5. The van der Waals surface area contributed by atoms with Crippen molar-refractivity contribution in [1.82, 2.24) is 30.3 Å². The number of nitrogens with one attached hydrogen (secondary N) is 2. The number of rotatable bonds is 6. The van der Waals surface area contributed by atoms with Gasteiger partial charge in [-0.2, -0.15) is 10.2 Å². The van der Waals surface area contributed by atoms with Crippen LogP contribution in [0, 0.1) is 13.8 Å². The molecule has 2 aromatic rings. The second-order valence-corrected chi connectivity index (χ2v) is 4.84. The molecule has 7 nitrogen and oxygen atoms in total. The molecule has 0 aliphatic heterocycles. The van der Waals surface area contributed by atoms with Crippen molar-refractivity contribution < 1.29 is 4.79 Å². The van der Waals surface area contributed by atoms with Gasteiger partial charge in [0.05, 0.1) is 12.1 Å². The predicted molar refractivity (Wildman–Crippen MR) is 74.1 cm³/mol. The maximum absolute atomic E-state index is 11.9. The van der Waals surface area contributed by atoms with E-state index in [1.54, 1.807) is 0 Å². The van der Waals surface area contributed by atoms with Crippen LogP contribution in [-0.4, -0.2) is 37.4 Å². The number of H-pyrrole nitrogens is 1. The first-order chi connectivity index (χ1) is 9.58. The number of amides is 1. The van der Waals surface area contributed by atoms with E-state index in [2.05, 4.69) is 25.6 Å². The van der Waals surface area contributed by atoms with E-state index in [0.717, 1.165) is 35.6 Å². The molecule has 0 saturated heterocycles. The van der Waals surface area contributed by atoms with Crippen molar-refractivity contribution in [1.29, 1.82) is 0 Å². The van der Waals surface area contributed by atoms with E-state index in [4.69, 9.17) is 0 Å². The Bertz CT molecular complexity index is 572. The molecule has 0 spiro atoms. The molecule has 0 bridgehead atoms. The molecule has 2 aromatic heterocycles. The van der Waals surface area contributed by atoms with Gasteiger partial charge < -0.3 is 5.32 Å². The van der Waals surface area contributed by atoms with Gasteiger partial charge in [0, 0.05) is 31.3 Å². The molecule has 1 amide bonds. The summed E-state index contributed by atoms with van der Waals surface area (Å²) in [6, 6.07) is 0. The summed E-state index contributed by atoms with van der Waals surface area (Å²) >= 11 is 0. The molecule has 7 heteroatoms. The van der Waals surface area contributed by atoms with Crippen molar-refractivity contribution in [3.8, 4) is 0 Å². The van der Waals surface area contributed by atoms with Gasteiger partial charge >= 0.3 is 0 Å². The Kier molecular flexibility index (Phi) is 4.49. The van der Waals surface area contributed by atoms with Crippen molar-refractivity contribution in [3.63, 3.8) is 0 Å². The van der Waals surface area contributed by atoms with Crippen molar-refractivity contribution in [2.45, 2.75) is 33.1 Å². The Morgan fingerprint density at radius 3 is 2.85 bits per heavy atom. The third-order valence-electron chi connectivity index (χ3n) is 3.37. The lowest BCUT2D eigenvalue weighted by Crippen LogP contribution is -2.26. The number of carbonyl (C=O) groups excluding carboxylic acids is 1. The van der Waals surface area contributed by atoms with Crippen LogP contribution in [0.2, 0.25) is 0 Å². The number of hydrogen-bond donors (Lipinski definition) is 2. The first-order valence-corrected chi connectivity index (χ1v) is 6.68. The van der Waals surface area contributed by atoms with Gasteiger partial charge in [0.1, 0.15) is 12.2 Å². The monoisotopic (exact) mass is 276 g/mol. The maximum atomic E-state index is 11.9. The van der Waals surface area contributed by atoms with E-state index in [9.17, 15) is 4.79 Å². The van der Waals surface area contributed by atoms with Crippen molar-refractivity contribution in [3.05, 3.63) is 29.1 Å². The molecule has 2 rings (SSSR count). The number of aryl methyl sites for hydroxylation is 3. The van der Waals surface area contributed by atoms with Crippen LogP contribution < -0.4 is 5.32 Å². The molecule has 0 aliphatic carbocycles. The van der Waals surface area contributed by atoms with Gasteiger partial charge in [0.15, 0.2) is 0 Å². The minimum Gasteiger partial charge on any atom is -0.356 e. The highest BCUT2D eigenvalue weighted by Crippen LogP contribution is 2.12. The fourth-order valence-electron chi connectivity index (χ4n) is 2.13. The fourth-order valence-corrected chi connectivity index (χ4v) is 2.13. The van der Waals surface area contributed by atoms with Crippen LogP contribution in [0.1, 0.15) is 29.2 Å². The maximum Gasteiger partial charge on any atom is 0.224 e. The lowest BCUT2D eigenvalue weighted by atomic mass is 10.1. The van der Waals surface area contributed by atoms with Gasteiger partial charge in [0.2, 0.25) is 5.91 Å². The smallest absolute Gasteiger partial charge is 0.224 e. The molecule has 0 radical (unpaired) electrons. The first kappa shape index (κ1) is 14.2. The lowest BCUT2D eigenvalue weighted by molar-refractivity contribution is -0.120. The van der Waals surface area contributed by atoms with E-state index in [1.165, 1.54) is 6.33 Å². The van der Waals surface area contributed by atoms with Gasteiger partial charge in [-0.15, -0.1) is 0 Å². The fraction of sp³-hybridized carbons (Fsp3) is 0.538. The summed E-state index contributed by atoms with van der Waals surface area (Å²) in [5.41, 5.74) is 2.97. The van der Waals surface area contributed by atoms with Crippen LogP contribution in [0.15, 0.2) is 6.33 Å². The van der Waals surface area contributed by atoms with E-state index >= 15 is 0 Å². The SMILES string of the molecule is Cc1nn(C)c(C)c1CC(=O)NCCCc1ncn[nH]1. The van der Waals surface area contributed by atoms with Crippen molar-refractivity contribution in [2.24, 2.45) is 7.05 Å². The largest absolute Gasteiger partial charge is 0.356 e. The second kappa shape index (κ2) is 6.31. The van der Waals surface area contributed by atoms with Crippen LogP contribution in [-0.2, 0) is 24.7 Å². The average molecular weight is 276 g/mol. The predicted octanol–water partition coefficient (Wildman–Crippen LogP) is 0.447. The second-order valence-electron chi connectivity index (χ2n) is 4.84. The summed E-state index contributed by atoms with van der Waals surface area (Å²) in [5.74, 6) is 0.875. The van der Waals surface area contributed by atoms with Gasteiger partial charge in [-0.1, -0.05) is 0 Å². The molecule has 0 unspecified atom stereocenters. The minimum absolute atomic E-state index is 0.0294. The van der Waals surface area contributed by atoms with Crippen LogP contribution in [0.25, 0.3) is 0 Å². The summed E-state index contributed by atoms with van der Waals surface area (Å²) in [5, 5.41) is 13.8. The molecular weight excluding hydrogens is 256 g/mol. The number of aromatic nitrogens is 5. The summed E-state index contributed by atoms with van der Waals surface area (Å²) < 4.78 is 1.81. The Morgan fingerprint density at radius 1 is 1.45 bits per heavy atom. The molecular formula is C13H20N6O. The van der Waals surface area contributed by atoms with Crippen LogP contribution in [0.3, 0.4) is 0 Å². The zero-order valence-corrected chi connectivity index (χ0v) is 12.1. The van der Waals surface area contributed by atoms with Crippen LogP contribution in [0.5, 0.6) is 0 Å². The highest BCUT2D eigenvalue weighted by Gasteiger charge is 2.12. The van der Waals surface area contributed by atoms with Gasteiger partial charge in [-0.05, 0) is 20.3 Å². The van der Waals surface area contributed by atoms with E-state index in [0.29, 0.717) is 13.0 Å². The first-order valence-electron chi connectivity index (χ1n) is 6.68. The highest BCUT2D eigenvalue weighted by atomic mass is 16.1. The Morgan fingerprint density at radius 2 is 2.25 bits per heavy atom. The Labute approximate surface area is 117 Å². The summed E-state index contributed by atoms with van der Waals surface area (Å²) in [6.07, 6.45) is 3.49. The molecule has 2 heterocycles. The third kappa shape index (κ3) is 3.43. The van der Waals surface area contributed by atoms with Gasteiger partial charge in [-0.25, -0.2) is 4.98 Å². The van der Waals surface area contributed by atoms with Crippen LogP contribution in [0.4, 0.5) is 0 Å². The number of aromatic amines is 1. The average Bonchev–Trinajstić information content (AvgIpc) is 3.00. The topological polar surface area (TPSA) is 88.5 Å². The van der Waals surface area contributed by atoms with E-state index in [1.807, 2.05) is 25.6 Å². The summed E-state index contributed by atoms with van der Waals surface area (Å²) in [7, 11) is 1.89. The number of hydrogen-bond acceptors (Lipinski definition) is 4. The lowest BCUT2D eigenvalue weighted by Gasteiger charge is -2.05. The van der Waals surface area contributed by atoms with E-state index in [-0.39, 0.29) is 5.91 Å². The summed E-state index contributed by atoms with van der Waals surface area (Å²) in [6.45, 7) is 4.55. The van der Waals surface area contributed by atoms with E-state index < -0.39 is 0 Å². The standard InChI is InChI=1S/C13H20N6O/c1-9-11(10(2)19(3)18-9)7-13(20)14-6-4-5-12-15-8-16-17-12/h8H,4-7H2,1-3H3,(H,14,20)(H,15,16,17). The highest BCUT2D eigenvalue weighted by molar-refractivity contribution is 5.79.